The molecule has 0 aliphatic heterocycles. The van der Waals surface area contributed by atoms with Crippen molar-refractivity contribution in [2.75, 3.05) is 0 Å². The van der Waals surface area contributed by atoms with Crippen molar-refractivity contribution in [3.05, 3.63) is 0 Å². The lowest BCUT2D eigenvalue weighted by molar-refractivity contribution is -0.165. The topological polar surface area (TPSA) is 121 Å². The first-order valence-electron chi connectivity index (χ1n) is 2.74. The number of aliphatic hydroxyl groups is 1. The van der Waals surface area contributed by atoms with E-state index in [0.29, 0.717) is 0 Å². The average Bonchev–Trinajstić information content (AvgIpc) is 1.85. The lowest BCUT2D eigenvalue weighted by Crippen LogP contribution is -2.55. The van der Waals surface area contributed by atoms with E-state index in [1.165, 1.54) is 0 Å². The van der Waals surface area contributed by atoms with Gasteiger partial charge >= 0.3 is 11.9 Å². The van der Waals surface area contributed by atoms with Crippen LogP contribution < -0.4 is 5.73 Å². The molecule has 2 unspecified atom stereocenters. The fraction of sp³-hybridized carbons (Fsp3) is 0.600. The minimum atomic E-state index is -2.42. The highest BCUT2D eigenvalue weighted by Gasteiger charge is 2.41. The largest absolute Gasteiger partial charge is 0.480 e. The molecule has 6 nitrogen and oxygen atoms in total. The molecule has 0 radical (unpaired) electrons. The second-order valence-corrected chi connectivity index (χ2v) is 2.27. The van der Waals surface area contributed by atoms with E-state index in [2.05, 4.69) is 0 Å². The fourth-order valence-corrected chi connectivity index (χ4v) is 0.373. The molecule has 0 rings (SSSR count). The summed E-state index contributed by atoms with van der Waals surface area (Å²) in [4.78, 5) is 20.3. The van der Waals surface area contributed by atoms with Gasteiger partial charge in [-0.25, -0.2) is 4.79 Å². The molecule has 0 bridgehead atoms. The second-order valence-electron chi connectivity index (χ2n) is 2.27. The maximum atomic E-state index is 10.2. The molecule has 11 heavy (non-hydrogen) atoms. The van der Waals surface area contributed by atoms with Gasteiger partial charge in [-0.15, -0.1) is 0 Å². The summed E-state index contributed by atoms with van der Waals surface area (Å²) in [7, 11) is 0. The van der Waals surface area contributed by atoms with E-state index in [9.17, 15) is 9.59 Å². The minimum absolute atomic E-state index is 0.828. The molecule has 0 saturated heterocycles. The van der Waals surface area contributed by atoms with Crippen molar-refractivity contribution in [2.45, 2.75) is 18.6 Å². The van der Waals surface area contributed by atoms with Crippen LogP contribution in [0.15, 0.2) is 0 Å². The predicted molar refractivity (Wildman–Crippen MR) is 33.9 cm³/mol. The third-order valence-electron chi connectivity index (χ3n) is 1.30. The molecule has 0 saturated carbocycles. The Hall–Kier alpha value is -1.14. The summed E-state index contributed by atoms with van der Waals surface area (Å²) < 4.78 is 0. The Morgan fingerprint density at radius 1 is 1.45 bits per heavy atom. The molecule has 0 aromatic heterocycles. The van der Waals surface area contributed by atoms with Gasteiger partial charge in [-0.3, -0.25) is 4.79 Å². The van der Waals surface area contributed by atoms with Crippen molar-refractivity contribution < 1.29 is 24.9 Å². The van der Waals surface area contributed by atoms with Crippen molar-refractivity contribution in [1.82, 2.24) is 0 Å². The standard InChI is InChI=1S/C5H9NO5/c1-5(11,4(9)10)2(6)3(7)8/h2,11H,6H2,1H3,(H,7,8)(H,9,10). The summed E-state index contributed by atoms with van der Waals surface area (Å²) in [5.41, 5.74) is 2.44. The van der Waals surface area contributed by atoms with Gasteiger partial charge in [0.2, 0.25) is 0 Å². The van der Waals surface area contributed by atoms with Crippen molar-refractivity contribution in [3.63, 3.8) is 0 Å². The normalized spacial score (nSPS) is 18.5. The van der Waals surface area contributed by atoms with Crippen molar-refractivity contribution >= 4 is 11.9 Å². The van der Waals surface area contributed by atoms with Crippen LogP contribution in [0.4, 0.5) is 0 Å². The summed E-state index contributed by atoms with van der Waals surface area (Å²) in [5, 5.41) is 25.4. The van der Waals surface area contributed by atoms with E-state index in [-0.39, 0.29) is 0 Å². The molecule has 0 fully saturated rings. The van der Waals surface area contributed by atoms with Crippen LogP contribution in [-0.2, 0) is 9.59 Å². The Balaban J connectivity index is 4.55. The second kappa shape index (κ2) is 2.85. The van der Waals surface area contributed by atoms with E-state index >= 15 is 0 Å². The molecule has 0 aliphatic carbocycles. The third kappa shape index (κ3) is 1.89. The summed E-state index contributed by atoms with van der Waals surface area (Å²) in [6, 6.07) is -1.82. The van der Waals surface area contributed by atoms with E-state index < -0.39 is 23.6 Å². The highest BCUT2D eigenvalue weighted by Crippen LogP contribution is 2.07. The highest BCUT2D eigenvalue weighted by molar-refractivity contribution is 5.87. The molecule has 2 atom stereocenters. The number of carboxylic acid groups (broad SMARTS) is 2. The van der Waals surface area contributed by atoms with Gasteiger partial charge in [0.25, 0.3) is 0 Å². The van der Waals surface area contributed by atoms with Gasteiger partial charge in [0.1, 0.15) is 6.04 Å². The van der Waals surface area contributed by atoms with Crippen LogP contribution in [0.25, 0.3) is 0 Å². The molecular weight excluding hydrogens is 154 g/mol. The maximum absolute atomic E-state index is 10.2. The number of carboxylic acids is 2. The van der Waals surface area contributed by atoms with E-state index in [1.54, 1.807) is 0 Å². The number of nitrogens with two attached hydrogens (primary N) is 1. The Kier molecular flexibility index (Phi) is 2.55. The predicted octanol–water partition coefficient (Wildman–Crippen LogP) is -1.77. The summed E-state index contributed by atoms with van der Waals surface area (Å²) >= 11 is 0. The summed E-state index contributed by atoms with van der Waals surface area (Å²) in [6.07, 6.45) is 0. The Bertz CT molecular complexity index is 187. The number of aliphatic carboxylic acids is 2. The fourth-order valence-electron chi connectivity index (χ4n) is 0.373. The van der Waals surface area contributed by atoms with Gasteiger partial charge in [0, 0.05) is 0 Å². The van der Waals surface area contributed by atoms with Crippen LogP contribution in [0.3, 0.4) is 0 Å². The zero-order valence-electron chi connectivity index (χ0n) is 5.81. The number of carbonyl (C=O) groups is 2. The van der Waals surface area contributed by atoms with Crippen LogP contribution in [0.1, 0.15) is 6.92 Å². The van der Waals surface area contributed by atoms with Crippen molar-refractivity contribution in [2.24, 2.45) is 5.73 Å². The Labute approximate surface area is 62.2 Å². The minimum Gasteiger partial charge on any atom is -0.480 e. The van der Waals surface area contributed by atoms with Gasteiger partial charge in [0.05, 0.1) is 0 Å². The van der Waals surface area contributed by atoms with E-state index in [1.807, 2.05) is 0 Å². The zero-order chi connectivity index (χ0) is 9.23. The Morgan fingerprint density at radius 2 is 1.82 bits per heavy atom. The van der Waals surface area contributed by atoms with Gasteiger partial charge in [-0.2, -0.15) is 0 Å². The smallest absolute Gasteiger partial charge is 0.337 e. The van der Waals surface area contributed by atoms with Gasteiger partial charge in [-0.05, 0) is 6.92 Å². The molecule has 64 valence electrons. The first kappa shape index (κ1) is 9.86. The molecule has 0 heterocycles. The maximum Gasteiger partial charge on any atom is 0.337 e. The monoisotopic (exact) mass is 163 g/mol. The van der Waals surface area contributed by atoms with Gasteiger partial charge in [-0.1, -0.05) is 0 Å². The lowest BCUT2D eigenvalue weighted by atomic mass is 9.98. The molecule has 0 aromatic rings. The molecule has 0 aliphatic rings. The first-order valence-corrected chi connectivity index (χ1v) is 2.74. The van der Waals surface area contributed by atoms with Crippen LogP contribution in [0.5, 0.6) is 0 Å². The third-order valence-corrected chi connectivity index (χ3v) is 1.30. The average molecular weight is 163 g/mol. The van der Waals surface area contributed by atoms with E-state index in [4.69, 9.17) is 21.1 Å². The molecule has 6 heteroatoms. The van der Waals surface area contributed by atoms with Gasteiger partial charge in [0.15, 0.2) is 5.60 Å². The first-order chi connectivity index (χ1) is 4.80. The van der Waals surface area contributed by atoms with Gasteiger partial charge < -0.3 is 21.1 Å². The molecular formula is C5H9NO5. The van der Waals surface area contributed by atoms with E-state index in [0.717, 1.165) is 6.92 Å². The quantitative estimate of drug-likeness (QED) is 0.391. The number of hydrogen-bond acceptors (Lipinski definition) is 4. The molecule has 0 amide bonds. The van der Waals surface area contributed by atoms with Crippen LogP contribution in [0, 0.1) is 0 Å². The van der Waals surface area contributed by atoms with Crippen LogP contribution >= 0.6 is 0 Å². The van der Waals surface area contributed by atoms with Crippen molar-refractivity contribution in [3.8, 4) is 0 Å². The summed E-state index contributed by atoms with van der Waals surface area (Å²) in [6.45, 7) is 0.828. The van der Waals surface area contributed by atoms with Crippen molar-refractivity contribution in [1.29, 1.82) is 0 Å². The number of hydrogen-bond donors (Lipinski definition) is 4. The summed E-state index contributed by atoms with van der Waals surface area (Å²) in [5.74, 6) is -3.22. The highest BCUT2D eigenvalue weighted by atomic mass is 16.4. The van der Waals surface area contributed by atoms with Crippen LogP contribution in [0.2, 0.25) is 0 Å². The Morgan fingerprint density at radius 3 is 1.91 bits per heavy atom. The van der Waals surface area contributed by atoms with Crippen LogP contribution in [-0.4, -0.2) is 38.9 Å². The molecule has 5 N–H and O–H groups in total. The molecule has 0 spiro atoms. The lowest BCUT2D eigenvalue weighted by Gasteiger charge is -2.21. The SMILES string of the molecule is CC(O)(C(=O)O)C(N)C(=O)O. The zero-order valence-corrected chi connectivity index (χ0v) is 5.81. The molecule has 0 aromatic carbocycles. The number of rotatable bonds is 3.